The molecule has 1 aliphatic rings. The maximum Gasteiger partial charge on any atom is 0.128 e. The first-order valence-electron chi connectivity index (χ1n) is 6.83. The summed E-state index contributed by atoms with van der Waals surface area (Å²) in [5.41, 5.74) is 1.48. The number of nitrogens with zero attached hydrogens (tertiary/aromatic N) is 1. The Labute approximate surface area is 114 Å². The van der Waals surface area contributed by atoms with Crippen molar-refractivity contribution in [2.75, 3.05) is 6.61 Å². The fourth-order valence-corrected chi connectivity index (χ4v) is 2.34. The molecular formula is C15H21NO3. The molecule has 19 heavy (non-hydrogen) atoms. The molecule has 0 saturated carbocycles. The molecule has 1 N–H and O–H groups in total. The van der Waals surface area contributed by atoms with Gasteiger partial charge in [0.2, 0.25) is 0 Å². The molecule has 1 saturated heterocycles. The first-order chi connectivity index (χ1) is 9.24. The molecule has 1 aromatic rings. The maximum atomic E-state index is 9.03. The molecule has 104 valence electrons. The lowest BCUT2D eigenvalue weighted by Gasteiger charge is -2.15. The molecule has 0 spiro atoms. The Morgan fingerprint density at radius 3 is 2.84 bits per heavy atom. The average molecular weight is 263 g/mol. The molecule has 4 heteroatoms. The topological polar surface area (TPSA) is 51.1 Å². The van der Waals surface area contributed by atoms with Crippen molar-refractivity contribution in [2.45, 2.75) is 45.3 Å². The Hall–Kier alpha value is -1.55. The molecule has 2 atom stereocenters. The van der Waals surface area contributed by atoms with Crippen LogP contribution in [0.2, 0.25) is 0 Å². The Bertz CT molecular complexity index is 445. The summed E-state index contributed by atoms with van der Waals surface area (Å²) in [7, 11) is 0. The van der Waals surface area contributed by atoms with Gasteiger partial charge in [0, 0.05) is 5.56 Å². The molecule has 0 bridgehead atoms. The highest BCUT2D eigenvalue weighted by molar-refractivity contribution is 6.02. The van der Waals surface area contributed by atoms with E-state index in [1.54, 1.807) is 0 Å². The van der Waals surface area contributed by atoms with Gasteiger partial charge in [0.05, 0.1) is 17.9 Å². The lowest BCUT2D eigenvalue weighted by Crippen LogP contribution is -2.18. The molecule has 2 unspecified atom stereocenters. The zero-order valence-electron chi connectivity index (χ0n) is 11.5. The molecule has 0 amide bonds. The summed E-state index contributed by atoms with van der Waals surface area (Å²) in [6.45, 7) is 4.58. The van der Waals surface area contributed by atoms with Gasteiger partial charge in [-0.1, -0.05) is 24.2 Å². The van der Waals surface area contributed by atoms with Crippen LogP contribution in [-0.4, -0.2) is 29.7 Å². The predicted molar refractivity (Wildman–Crippen MR) is 74.1 cm³/mol. The second-order valence-electron chi connectivity index (χ2n) is 4.85. The highest BCUT2D eigenvalue weighted by Crippen LogP contribution is 2.23. The smallest absolute Gasteiger partial charge is 0.128 e. The number of hydrogen-bond donors (Lipinski definition) is 1. The van der Waals surface area contributed by atoms with Crippen LogP contribution >= 0.6 is 0 Å². The van der Waals surface area contributed by atoms with E-state index in [-0.39, 0.29) is 6.10 Å². The van der Waals surface area contributed by atoms with E-state index < -0.39 is 0 Å². The van der Waals surface area contributed by atoms with Crippen molar-refractivity contribution in [3.63, 3.8) is 0 Å². The van der Waals surface area contributed by atoms with Gasteiger partial charge in [-0.2, -0.15) is 0 Å². The van der Waals surface area contributed by atoms with Gasteiger partial charge in [-0.3, -0.25) is 0 Å². The van der Waals surface area contributed by atoms with Crippen molar-refractivity contribution in [1.29, 1.82) is 0 Å². The SMILES string of the molecule is CC/C(=N/O)c1ccccc1OCC1CCC(C)O1. The fraction of sp³-hybridized carbons (Fsp3) is 0.533. The van der Waals surface area contributed by atoms with Gasteiger partial charge in [0.25, 0.3) is 0 Å². The Morgan fingerprint density at radius 2 is 2.21 bits per heavy atom. The Morgan fingerprint density at radius 1 is 1.42 bits per heavy atom. The number of para-hydroxylation sites is 1. The van der Waals surface area contributed by atoms with Crippen LogP contribution in [0.1, 0.15) is 38.7 Å². The Kier molecular flexibility index (Phi) is 4.80. The van der Waals surface area contributed by atoms with E-state index in [0.717, 1.165) is 24.2 Å². The summed E-state index contributed by atoms with van der Waals surface area (Å²) >= 11 is 0. The molecule has 4 nitrogen and oxygen atoms in total. The largest absolute Gasteiger partial charge is 0.490 e. The molecule has 0 aliphatic carbocycles. The minimum atomic E-state index is 0.166. The summed E-state index contributed by atoms with van der Waals surface area (Å²) in [6, 6.07) is 7.64. The zero-order valence-corrected chi connectivity index (χ0v) is 11.5. The van der Waals surface area contributed by atoms with Gasteiger partial charge in [0.1, 0.15) is 12.4 Å². The first-order valence-corrected chi connectivity index (χ1v) is 6.83. The summed E-state index contributed by atoms with van der Waals surface area (Å²) in [4.78, 5) is 0. The third kappa shape index (κ3) is 3.47. The highest BCUT2D eigenvalue weighted by atomic mass is 16.5. The minimum Gasteiger partial charge on any atom is -0.490 e. The van der Waals surface area contributed by atoms with Gasteiger partial charge in [-0.25, -0.2) is 0 Å². The minimum absolute atomic E-state index is 0.166. The van der Waals surface area contributed by atoms with Gasteiger partial charge in [-0.15, -0.1) is 0 Å². The second-order valence-corrected chi connectivity index (χ2v) is 4.85. The molecule has 0 radical (unpaired) electrons. The maximum absolute atomic E-state index is 9.03. The van der Waals surface area contributed by atoms with E-state index in [1.165, 1.54) is 0 Å². The third-order valence-corrected chi connectivity index (χ3v) is 3.40. The molecular weight excluding hydrogens is 242 g/mol. The molecule has 0 aromatic heterocycles. The van der Waals surface area contributed by atoms with Crippen LogP contribution in [0.5, 0.6) is 5.75 Å². The summed E-state index contributed by atoms with van der Waals surface area (Å²) in [5.74, 6) is 0.750. The van der Waals surface area contributed by atoms with Crippen molar-refractivity contribution < 1.29 is 14.7 Å². The van der Waals surface area contributed by atoms with E-state index in [9.17, 15) is 0 Å². The zero-order chi connectivity index (χ0) is 13.7. The first kappa shape index (κ1) is 13.9. The number of benzene rings is 1. The van der Waals surface area contributed by atoms with Crippen LogP contribution in [0.4, 0.5) is 0 Å². The van der Waals surface area contributed by atoms with E-state index in [0.29, 0.717) is 24.8 Å². The van der Waals surface area contributed by atoms with Gasteiger partial charge < -0.3 is 14.7 Å². The van der Waals surface area contributed by atoms with Crippen LogP contribution in [-0.2, 0) is 4.74 Å². The summed E-state index contributed by atoms with van der Waals surface area (Å²) < 4.78 is 11.6. The molecule has 2 rings (SSSR count). The van der Waals surface area contributed by atoms with Crippen LogP contribution in [0, 0.1) is 0 Å². The van der Waals surface area contributed by atoms with Crippen molar-refractivity contribution in [2.24, 2.45) is 5.16 Å². The molecule has 1 aromatic carbocycles. The lowest BCUT2D eigenvalue weighted by atomic mass is 10.1. The average Bonchev–Trinajstić information content (AvgIpc) is 2.85. The summed E-state index contributed by atoms with van der Waals surface area (Å²) in [6.07, 6.45) is 3.29. The monoisotopic (exact) mass is 263 g/mol. The van der Waals surface area contributed by atoms with Gasteiger partial charge in [-0.05, 0) is 38.3 Å². The second kappa shape index (κ2) is 6.57. The molecule has 1 heterocycles. The van der Waals surface area contributed by atoms with Crippen molar-refractivity contribution in [3.8, 4) is 5.75 Å². The van der Waals surface area contributed by atoms with Crippen LogP contribution in [0.25, 0.3) is 0 Å². The highest BCUT2D eigenvalue weighted by Gasteiger charge is 2.22. The van der Waals surface area contributed by atoms with Crippen molar-refractivity contribution in [1.82, 2.24) is 0 Å². The van der Waals surface area contributed by atoms with Crippen LogP contribution < -0.4 is 4.74 Å². The predicted octanol–water partition coefficient (Wildman–Crippen LogP) is 3.22. The quantitative estimate of drug-likeness (QED) is 0.504. The van der Waals surface area contributed by atoms with Gasteiger partial charge in [0.15, 0.2) is 0 Å². The van der Waals surface area contributed by atoms with E-state index in [4.69, 9.17) is 14.7 Å². The summed E-state index contributed by atoms with van der Waals surface area (Å²) in [5, 5.41) is 12.4. The standard InChI is InChI=1S/C15H21NO3/c1-3-14(16-17)13-6-4-5-7-15(13)18-10-12-9-8-11(2)19-12/h4-7,11-12,17H,3,8-10H2,1-2H3/b16-14-. The number of oxime groups is 1. The van der Waals surface area contributed by atoms with Crippen LogP contribution in [0.3, 0.4) is 0 Å². The van der Waals surface area contributed by atoms with E-state index in [1.807, 2.05) is 31.2 Å². The van der Waals surface area contributed by atoms with Crippen molar-refractivity contribution >= 4 is 5.71 Å². The van der Waals surface area contributed by atoms with E-state index >= 15 is 0 Å². The number of ether oxygens (including phenoxy) is 2. The van der Waals surface area contributed by atoms with Crippen molar-refractivity contribution in [3.05, 3.63) is 29.8 Å². The normalized spacial score (nSPS) is 23.6. The number of hydrogen-bond acceptors (Lipinski definition) is 4. The third-order valence-electron chi connectivity index (χ3n) is 3.40. The molecule has 1 fully saturated rings. The van der Waals surface area contributed by atoms with Gasteiger partial charge >= 0.3 is 0 Å². The Balaban J connectivity index is 2.04. The van der Waals surface area contributed by atoms with Crippen LogP contribution in [0.15, 0.2) is 29.4 Å². The van der Waals surface area contributed by atoms with E-state index in [2.05, 4.69) is 12.1 Å². The fourth-order valence-electron chi connectivity index (χ4n) is 2.34. The lowest BCUT2D eigenvalue weighted by molar-refractivity contribution is 0.0264. The molecule has 1 aliphatic heterocycles. The number of rotatable bonds is 5.